The van der Waals surface area contributed by atoms with Crippen LogP contribution in [-0.4, -0.2) is 36.2 Å². The van der Waals surface area contributed by atoms with Crippen LogP contribution in [0, 0.1) is 5.92 Å². The molecule has 1 fully saturated rings. The lowest BCUT2D eigenvalue weighted by molar-refractivity contribution is -0.142. The Morgan fingerprint density at radius 3 is 2.79 bits per heavy atom. The number of ether oxygens (including phenoxy) is 1. The van der Waals surface area contributed by atoms with E-state index in [9.17, 15) is 14.7 Å². The molecular weight excluding hydrogens is 310 g/mol. The summed E-state index contributed by atoms with van der Waals surface area (Å²) < 4.78 is 10.4. The smallest absolute Gasteiger partial charge is 0.326 e. The molecular formula is C18H19NO5. The number of hydrogen-bond donors (Lipinski definition) is 2. The third-order valence-corrected chi connectivity index (χ3v) is 4.20. The van der Waals surface area contributed by atoms with Gasteiger partial charge in [0.2, 0.25) is 0 Å². The highest BCUT2D eigenvalue weighted by atomic mass is 16.5. The fourth-order valence-electron chi connectivity index (χ4n) is 2.90. The van der Waals surface area contributed by atoms with Crippen molar-refractivity contribution in [2.75, 3.05) is 13.2 Å². The molecule has 3 rings (SSSR count). The largest absolute Gasteiger partial charge is 0.480 e. The number of rotatable bonds is 5. The van der Waals surface area contributed by atoms with E-state index in [0.717, 1.165) is 24.0 Å². The Kier molecular flexibility index (Phi) is 4.96. The highest BCUT2D eigenvalue weighted by molar-refractivity contribution is 5.97. The standard InChI is InChI=1S/C18H19NO5/c20-17(19-16(18(21)22)15-5-2-7-23-11-15)13-4-1-3-12(9-13)14-6-8-24-10-14/h1,3-4,6,8-10,15-16H,2,5,7,11H2,(H,19,20)(H,21,22)/t15-,16+/m0/s1. The van der Waals surface area contributed by atoms with Crippen molar-refractivity contribution in [3.8, 4) is 11.1 Å². The molecule has 0 unspecified atom stereocenters. The number of carboxylic acids is 1. The lowest BCUT2D eigenvalue weighted by atomic mass is 9.93. The molecule has 0 saturated carbocycles. The number of carbonyl (C=O) groups excluding carboxylic acids is 1. The van der Waals surface area contributed by atoms with Gasteiger partial charge in [-0.15, -0.1) is 0 Å². The fourth-order valence-corrected chi connectivity index (χ4v) is 2.90. The van der Waals surface area contributed by atoms with Gasteiger partial charge in [-0.2, -0.15) is 0 Å². The van der Waals surface area contributed by atoms with Gasteiger partial charge in [-0.25, -0.2) is 4.79 Å². The van der Waals surface area contributed by atoms with Gasteiger partial charge in [-0.1, -0.05) is 12.1 Å². The van der Waals surface area contributed by atoms with Gasteiger partial charge in [0.25, 0.3) is 5.91 Å². The highest BCUT2D eigenvalue weighted by Crippen LogP contribution is 2.22. The average molecular weight is 329 g/mol. The second kappa shape index (κ2) is 7.31. The Labute approximate surface area is 139 Å². The molecule has 2 N–H and O–H groups in total. The van der Waals surface area contributed by atoms with Gasteiger partial charge in [0.1, 0.15) is 6.04 Å². The van der Waals surface area contributed by atoms with E-state index in [1.807, 2.05) is 6.07 Å². The van der Waals surface area contributed by atoms with Crippen LogP contribution in [-0.2, 0) is 9.53 Å². The lowest BCUT2D eigenvalue weighted by Crippen LogP contribution is -2.48. The van der Waals surface area contributed by atoms with Crippen molar-refractivity contribution in [3.63, 3.8) is 0 Å². The van der Waals surface area contributed by atoms with Crippen molar-refractivity contribution in [2.24, 2.45) is 5.92 Å². The van der Waals surface area contributed by atoms with Crippen LogP contribution in [0.1, 0.15) is 23.2 Å². The highest BCUT2D eigenvalue weighted by Gasteiger charge is 2.31. The van der Waals surface area contributed by atoms with Crippen molar-refractivity contribution in [3.05, 3.63) is 48.4 Å². The summed E-state index contributed by atoms with van der Waals surface area (Å²) in [4.78, 5) is 24.0. The van der Waals surface area contributed by atoms with Crippen LogP contribution in [0.2, 0.25) is 0 Å². The van der Waals surface area contributed by atoms with Gasteiger partial charge >= 0.3 is 5.97 Å². The first-order chi connectivity index (χ1) is 11.6. The normalized spacial score (nSPS) is 18.8. The Morgan fingerprint density at radius 2 is 2.12 bits per heavy atom. The quantitative estimate of drug-likeness (QED) is 0.880. The molecule has 2 atom stereocenters. The van der Waals surface area contributed by atoms with E-state index in [4.69, 9.17) is 9.15 Å². The monoisotopic (exact) mass is 329 g/mol. The van der Waals surface area contributed by atoms with Crippen LogP contribution in [0.3, 0.4) is 0 Å². The Bertz CT molecular complexity index is 704. The number of carbonyl (C=O) groups is 2. The molecule has 1 saturated heterocycles. The molecule has 0 spiro atoms. The summed E-state index contributed by atoms with van der Waals surface area (Å²) in [6, 6.07) is 7.86. The molecule has 1 aliphatic heterocycles. The van der Waals surface area contributed by atoms with Crippen LogP contribution >= 0.6 is 0 Å². The zero-order valence-electron chi connectivity index (χ0n) is 13.1. The maximum Gasteiger partial charge on any atom is 0.326 e. The molecule has 1 aromatic heterocycles. The van der Waals surface area contributed by atoms with Crippen LogP contribution in [0.4, 0.5) is 0 Å². The predicted molar refractivity (Wildman–Crippen MR) is 86.6 cm³/mol. The number of benzene rings is 1. The number of aliphatic carboxylic acids is 1. The van der Waals surface area contributed by atoms with Gasteiger partial charge in [-0.05, 0) is 36.6 Å². The van der Waals surface area contributed by atoms with Crippen molar-refractivity contribution in [1.82, 2.24) is 5.32 Å². The molecule has 1 aliphatic rings. The topological polar surface area (TPSA) is 88.8 Å². The molecule has 2 aromatic rings. The Hall–Kier alpha value is -2.60. The first-order valence-electron chi connectivity index (χ1n) is 7.89. The number of furan rings is 1. The zero-order valence-corrected chi connectivity index (χ0v) is 13.1. The zero-order chi connectivity index (χ0) is 16.9. The molecule has 2 heterocycles. The van der Waals surface area contributed by atoms with Gasteiger partial charge in [0.15, 0.2) is 0 Å². The Balaban J connectivity index is 1.75. The van der Waals surface area contributed by atoms with Crippen LogP contribution in [0.5, 0.6) is 0 Å². The van der Waals surface area contributed by atoms with E-state index >= 15 is 0 Å². The van der Waals surface area contributed by atoms with Crippen molar-refractivity contribution in [1.29, 1.82) is 0 Å². The van der Waals surface area contributed by atoms with E-state index in [0.29, 0.717) is 18.8 Å². The molecule has 126 valence electrons. The first-order valence-corrected chi connectivity index (χ1v) is 7.89. The van der Waals surface area contributed by atoms with E-state index < -0.39 is 17.9 Å². The maximum atomic E-state index is 12.5. The third kappa shape index (κ3) is 3.65. The third-order valence-electron chi connectivity index (χ3n) is 4.20. The van der Waals surface area contributed by atoms with Gasteiger partial charge in [-0.3, -0.25) is 4.79 Å². The van der Waals surface area contributed by atoms with E-state index in [1.54, 1.807) is 36.8 Å². The summed E-state index contributed by atoms with van der Waals surface area (Å²) in [6.45, 7) is 0.996. The fraction of sp³-hybridized carbons (Fsp3) is 0.333. The van der Waals surface area contributed by atoms with E-state index in [1.165, 1.54) is 0 Å². The van der Waals surface area contributed by atoms with E-state index in [2.05, 4.69) is 5.32 Å². The molecule has 0 aliphatic carbocycles. The summed E-state index contributed by atoms with van der Waals surface area (Å²) in [5.74, 6) is -1.65. The molecule has 0 bridgehead atoms. The predicted octanol–water partition coefficient (Wildman–Crippen LogP) is 2.56. The summed E-state index contributed by atoms with van der Waals surface area (Å²) in [7, 11) is 0. The van der Waals surface area contributed by atoms with Crippen molar-refractivity contribution >= 4 is 11.9 Å². The molecule has 1 aromatic carbocycles. The molecule has 0 radical (unpaired) electrons. The summed E-state index contributed by atoms with van der Waals surface area (Å²) >= 11 is 0. The lowest BCUT2D eigenvalue weighted by Gasteiger charge is -2.28. The molecule has 6 heteroatoms. The molecule has 1 amide bonds. The minimum absolute atomic E-state index is 0.211. The molecule has 6 nitrogen and oxygen atoms in total. The van der Waals surface area contributed by atoms with Crippen LogP contribution in [0.15, 0.2) is 47.3 Å². The summed E-state index contributed by atoms with van der Waals surface area (Å²) in [5, 5.41) is 12.1. The number of hydrogen-bond acceptors (Lipinski definition) is 4. The second-order valence-corrected chi connectivity index (χ2v) is 5.86. The minimum atomic E-state index is -1.04. The van der Waals surface area contributed by atoms with Gasteiger partial charge < -0.3 is 19.6 Å². The van der Waals surface area contributed by atoms with Gasteiger partial charge in [0.05, 0.1) is 19.1 Å². The minimum Gasteiger partial charge on any atom is -0.480 e. The molecule has 24 heavy (non-hydrogen) atoms. The first kappa shape index (κ1) is 16.3. The Morgan fingerprint density at radius 1 is 1.25 bits per heavy atom. The maximum absolute atomic E-state index is 12.5. The SMILES string of the molecule is O=C(N[C@@H](C(=O)O)[C@H]1CCCOC1)c1cccc(-c2ccoc2)c1. The van der Waals surface area contributed by atoms with Gasteiger partial charge in [0, 0.05) is 23.7 Å². The van der Waals surface area contributed by atoms with Crippen LogP contribution < -0.4 is 5.32 Å². The number of amides is 1. The van der Waals surface area contributed by atoms with Crippen LogP contribution in [0.25, 0.3) is 11.1 Å². The van der Waals surface area contributed by atoms with E-state index in [-0.39, 0.29) is 5.92 Å². The average Bonchev–Trinajstić information content (AvgIpc) is 3.15. The second-order valence-electron chi connectivity index (χ2n) is 5.86. The summed E-state index contributed by atoms with van der Waals surface area (Å²) in [6.07, 6.45) is 4.69. The number of carboxylic acid groups (broad SMARTS) is 1. The van der Waals surface area contributed by atoms with Crippen molar-refractivity contribution < 1.29 is 23.8 Å². The summed E-state index contributed by atoms with van der Waals surface area (Å²) in [5.41, 5.74) is 2.11. The van der Waals surface area contributed by atoms with Crippen molar-refractivity contribution in [2.45, 2.75) is 18.9 Å². The number of nitrogens with one attached hydrogen (secondary N) is 1.